The smallest absolute Gasteiger partial charge is 0.0351 e. The highest BCUT2D eigenvalue weighted by Gasteiger charge is 2.29. The first-order valence-electron chi connectivity index (χ1n) is 7.62. The molecule has 1 heterocycles. The molecule has 1 saturated heterocycles. The predicted octanol–water partition coefficient (Wildman–Crippen LogP) is 3.44. The van der Waals surface area contributed by atoms with Gasteiger partial charge < -0.3 is 5.73 Å². The lowest BCUT2D eigenvalue weighted by Crippen LogP contribution is -2.48. The van der Waals surface area contributed by atoms with Crippen molar-refractivity contribution in [2.24, 2.45) is 17.6 Å². The van der Waals surface area contributed by atoms with Crippen LogP contribution in [-0.4, -0.2) is 24.0 Å². The second kappa shape index (κ2) is 6.53. The van der Waals surface area contributed by atoms with Crippen molar-refractivity contribution in [1.29, 1.82) is 0 Å². The fourth-order valence-electron chi connectivity index (χ4n) is 3.03. The number of nitrogens with two attached hydrogens (primary N) is 1. The third-order valence-corrected chi connectivity index (χ3v) is 4.37. The average molecular weight is 260 g/mol. The molecule has 3 atom stereocenters. The summed E-state index contributed by atoms with van der Waals surface area (Å²) in [6.07, 6.45) is 2.44. The first-order valence-corrected chi connectivity index (χ1v) is 7.62. The number of rotatable bonds is 4. The quantitative estimate of drug-likeness (QED) is 0.898. The normalized spacial score (nSPS) is 26.6. The first-order chi connectivity index (χ1) is 9.08. The average Bonchev–Trinajstić information content (AvgIpc) is 2.40. The lowest BCUT2D eigenvalue weighted by Gasteiger charge is -2.41. The van der Waals surface area contributed by atoms with Gasteiger partial charge >= 0.3 is 0 Å². The Bertz CT molecular complexity index is 374. The maximum absolute atomic E-state index is 6.27. The van der Waals surface area contributed by atoms with Crippen LogP contribution < -0.4 is 5.73 Å². The molecule has 2 nitrogen and oxygen atoms in total. The van der Waals surface area contributed by atoms with Crippen LogP contribution in [0.15, 0.2) is 30.3 Å². The number of likely N-dealkylation sites (tertiary alicyclic amines) is 1. The van der Waals surface area contributed by atoms with Crippen LogP contribution in [0.4, 0.5) is 0 Å². The monoisotopic (exact) mass is 260 g/mol. The van der Waals surface area contributed by atoms with Crippen molar-refractivity contribution in [3.05, 3.63) is 35.9 Å². The van der Waals surface area contributed by atoms with E-state index in [1.807, 2.05) is 0 Å². The van der Waals surface area contributed by atoms with E-state index in [-0.39, 0.29) is 0 Å². The predicted molar refractivity (Wildman–Crippen MR) is 82.0 cm³/mol. The van der Waals surface area contributed by atoms with Crippen molar-refractivity contribution in [2.45, 2.75) is 45.7 Å². The SMILES string of the molecule is CC(C)CC(c1ccccc1)N1CCC(C)C(N)C1. The van der Waals surface area contributed by atoms with Crippen LogP contribution in [0, 0.1) is 11.8 Å². The summed E-state index contributed by atoms with van der Waals surface area (Å²) in [5.74, 6) is 1.37. The Balaban J connectivity index is 2.14. The molecular weight excluding hydrogens is 232 g/mol. The molecular formula is C17H28N2. The van der Waals surface area contributed by atoms with Gasteiger partial charge in [0.1, 0.15) is 0 Å². The third-order valence-electron chi connectivity index (χ3n) is 4.37. The highest BCUT2D eigenvalue weighted by Crippen LogP contribution is 2.31. The minimum absolute atomic E-state index is 0.326. The first kappa shape index (κ1) is 14.5. The summed E-state index contributed by atoms with van der Waals surface area (Å²) in [5.41, 5.74) is 7.72. The highest BCUT2D eigenvalue weighted by molar-refractivity contribution is 5.19. The zero-order chi connectivity index (χ0) is 13.8. The molecule has 1 aromatic carbocycles. The van der Waals surface area contributed by atoms with Gasteiger partial charge in [0.05, 0.1) is 0 Å². The lowest BCUT2D eigenvalue weighted by atomic mass is 9.89. The van der Waals surface area contributed by atoms with Crippen molar-refractivity contribution < 1.29 is 0 Å². The molecule has 1 aliphatic rings. The molecule has 106 valence electrons. The molecule has 0 spiro atoms. The molecule has 1 aliphatic heterocycles. The topological polar surface area (TPSA) is 29.3 Å². The number of hydrogen-bond donors (Lipinski definition) is 1. The molecule has 1 fully saturated rings. The van der Waals surface area contributed by atoms with Gasteiger partial charge in [0.2, 0.25) is 0 Å². The fraction of sp³-hybridized carbons (Fsp3) is 0.647. The van der Waals surface area contributed by atoms with Crippen molar-refractivity contribution in [3.8, 4) is 0 Å². The standard InChI is InChI=1S/C17H28N2/c1-13(2)11-17(15-7-5-4-6-8-15)19-10-9-14(3)16(18)12-19/h4-8,13-14,16-17H,9-12,18H2,1-3H3. The molecule has 0 aromatic heterocycles. The Hall–Kier alpha value is -0.860. The molecule has 3 unspecified atom stereocenters. The van der Waals surface area contributed by atoms with Crippen molar-refractivity contribution in [3.63, 3.8) is 0 Å². The van der Waals surface area contributed by atoms with Gasteiger partial charge in [-0.05, 0) is 36.8 Å². The number of piperidine rings is 1. The van der Waals surface area contributed by atoms with Gasteiger partial charge in [-0.25, -0.2) is 0 Å². The van der Waals surface area contributed by atoms with E-state index < -0.39 is 0 Å². The molecule has 0 amide bonds. The van der Waals surface area contributed by atoms with Gasteiger partial charge in [0.25, 0.3) is 0 Å². The molecule has 19 heavy (non-hydrogen) atoms. The van der Waals surface area contributed by atoms with Crippen LogP contribution >= 0.6 is 0 Å². The summed E-state index contributed by atoms with van der Waals surface area (Å²) >= 11 is 0. The molecule has 0 bridgehead atoms. The Kier molecular flexibility index (Phi) is 5.00. The van der Waals surface area contributed by atoms with Gasteiger partial charge in [-0.15, -0.1) is 0 Å². The van der Waals surface area contributed by atoms with Gasteiger partial charge in [0, 0.05) is 18.6 Å². The molecule has 1 aromatic rings. The van der Waals surface area contributed by atoms with E-state index in [1.54, 1.807) is 0 Å². The summed E-state index contributed by atoms with van der Waals surface area (Å²) in [5, 5.41) is 0. The van der Waals surface area contributed by atoms with Gasteiger partial charge in [-0.3, -0.25) is 4.90 Å². The van der Waals surface area contributed by atoms with Gasteiger partial charge in [-0.1, -0.05) is 51.1 Å². The van der Waals surface area contributed by atoms with Crippen molar-refractivity contribution in [2.75, 3.05) is 13.1 Å². The fourth-order valence-corrected chi connectivity index (χ4v) is 3.03. The van der Waals surface area contributed by atoms with E-state index in [2.05, 4.69) is 56.0 Å². The van der Waals surface area contributed by atoms with Crippen LogP contribution in [0.25, 0.3) is 0 Å². The number of hydrogen-bond acceptors (Lipinski definition) is 2. The lowest BCUT2D eigenvalue weighted by molar-refractivity contribution is 0.107. The molecule has 0 aliphatic carbocycles. The maximum Gasteiger partial charge on any atom is 0.0351 e. The maximum atomic E-state index is 6.27. The highest BCUT2D eigenvalue weighted by atomic mass is 15.2. The van der Waals surface area contributed by atoms with Crippen LogP contribution in [0.5, 0.6) is 0 Å². The summed E-state index contributed by atoms with van der Waals surface area (Å²) in [4.78, 5) is 2.60. The summed E-state index contributed by atoms with van der Waals surface area (Å²) < 4.78 is 0. The van der Waals surface area contributed by atoms with Crippen LogP contribution in [0.2, 0.25) is 0 Å². The zero-order valence-electron chi connectivity index (χ0n) is 12.5. The molecule has 0 radical (unpaired) electrons. The Labute approximate surface area is 118 Å². The van der Waals surface area contributed by atoms with Crippen LogP contribution in [0.3, 0.4) is 0 Å². The molecule has 0 saturated carbocycles. The molecule has 2 heteroatoms. The number of nitrogens with zero attached hydrogens (tertiary/aromatic N) is 1. The van der Waals surface area contributed by atoms with Gasteiger partial charge in [-0.2, -0.15) is 0 Å². The minimum atomic E-state index is 0.326. The number of benzene rings is 1. The van der Waals surface area contributed by atoms with Gasteiger partial charge in [0.15, 0.2) is 0 Å². The van der Waals surface area contributed by atoms with E-state index >= 15 is 0 Å². The van der Waals surface area contributed by atoms with E-state index in [4.69, 9.17) is 5.73 Å². The minimum Gasteiger partial charge on any atom is -0.326 e. The third kappa shape index (κ3) is 3.80. The van der Waals surface area contributed by atoms with Crippen molar-refractivity contribution in [1.82, 2.24) is 4.90 Å². The Morgan fingerprint density at radius 3 is 2.53 bits per heavy atom. The van der Waals surface area contributed by atoms with Crippen molar-refractivity contribution >= 4 is 0 Å². The molecule has 2 rings (SSSR count). The Morgan fingerprint density at radius 2 is 1.95 bits per heavy atom. The summed E-state index contributed by atoms with van der Waals surface area (Å²) in [6, 6.07) is 11.8. The zero-order valence-corrected chi connectivity index (χ0v) is 12.5. The Morgan fingerprint density at radius 1 is 1.26 bits per heavy atom. The van der Waals surface area contributed by atoms with E-state index in [0.717, 1.165) is 6.54 Å². The van der Waals surface area contributed by atoms with Crippen LogP contribution in [-0.2, 0) is 0 Å². The molecule has 2 N–H and O–H groups in total. The van der Waals surface area contributed by atoms with E-state index in [0.29, 0.717) is 23.9 Å². The second-order valence-electron chi connectivity index (χ2n) is 6.48. The summed E-state index contributed by atoms with van der Waals surface area (Å²) in [6.45, 7) is 9.11. The second-order valence-corrected chi connectivity index (χ2v) is 6.48. The van der Waals surface area contributed by atoms with Crippen LogP contribution in [0.1, 0.15) is 45.2 Å². The van der Waals surface area contributed by atoms with E-state index in [9.17, 15) is 0 Å². The largest absolute Gasteiger partial charge is 0.326 e. The summed E-state index contributed by atoms with van der Waals surface area (Å²) in [7, 11) is 0. The van der Waals surface area contributed by atoms with E-state index in [1.165, 1.54) is 24.9 Å².